The third-order valence-corrected chi connectivity index (χ3v) is 6.45. The molecule has 7 heteroatoms. The van der Waals surface area contributed by atoms with Gasteiger partial charge in [0.25, 0.3) is 5.91 Å². The highest BCUT2D eigenvalue weighted by molar-refractivity contribution is 7.93. The number of hydrogen-bond acceptors (Lipinski definition) is 4. The van der Waals surface area contributed by atoms with Gasteiger partial charge in [0, 0.05) is 40.5 Å². The number of sulfone groups is 1. The van der Waals surface area contributed by atoms with Crippen LogP contribution in [0.25, 0.3) is 0 Å². The second-order valence-electron chi connectivity index (χ2n) is 8.05. The lowest BCUT2D eigenvalue weighted by molar-refractivity contribution is 0.0947. The van der Waals surface area contributed by atoms with Crippen molar-refractivity contribution in [1.82, 2.24) is 5.32 Å². The van der Waals surface area contributed by atoms with Gasteiger partial charge in [-0.3, -0.25) is 4.79 Å². The van der Waals surface area contributed by atoms with E-state index in [4.69, 9.17) is 11.6 Å². The second kappa shape index (κ2) is 10.3. The minimum atomic E-state index is -3.22. The molecule has 2 atom stereocenters. The summed E-state index contributed by atoms with van der Waals surface area (Å²) in [5, 5.41) is 4.69. The van der Waals surface area contributed by atoms with Crippen molar-refractivity contribution in [3.63, 3.8) is 0 Å². The summed E-state index contributed by atoms with van der Waals surface area (Å²) < 4.78 is 22.5. The fourth-order valence-electron chi connectivity index (χ4n) is 3.89. The van der Waals surface area contributed by atoms with E-state index < -0.39 is 15.9 Å². The van der Waals surface area contributed by atoms with Gasteiger partial charge in [0.15, 0.2) is 9.84 Å². The molecule has 5 nitrogen and oxygen atoms in total. The van der Waals surface area contributed by atoms with Crippen molar-refractivity contribution in [3.05, 3.63) is 76.2 Å². The number of nitrogens with one attached hydrogen (secondary N) is 1. The fourth-order valence-corrected chi connectivity index (χ4v) is 4.67. The first kappa shape index (κ1) is 23.4. The topological polar surface area (TPSA) is 66.5 Å². The molecule has 166 valence electrons. The number of halogens is 1. The molecule has 1 fully saturated rings. The summed E-state index contributed by atoms with van der Waals surface area (Å²) in [6.07, 6.45) is 7.09. The van der Waals surface area contributed by atoms with Crippen molar-refractivity contribution in [3.8, 4) is 0 Å². The molecular weight excluding hydrogens is 432 g/mol. The molecule has 0 aliphatic carbocycles. The number of anilines is 1. The first-order valence-corrected chi connectivity index (χ1v) is 12.9. The molecule has 1 amide bonds. The lowest BCUT2D eigenvalue weighted by atomic mass is 10.00. The summed E-state index contributed by atoms with van der Waals surface area (Å²) in [7, 11) is -3.22. The largest absolute Gasteiger partial charge is 0.364 e. The molecule has 0 spiro atoms. The fraction of sp³-hybridized carbons (Fsp3) is 0.375. The maximum atomic E-state index is 12.5. The minimum absolute atomic E-state index is 0.206. The van der Waals surface area contributed by atoms with E-state index in [9.17, 15) is 13.2 Å². The predicted octanol–water partition coefficient (Wildman–Crippen LogP) is 5.14. The highest BCUT2D eigenvalue weighted by atomic mass is 35.5. The smallest absolute Gasteiger partial charge is 0.251 e. The van der Waals surface area contributed by atoms with Gasteiger partial charge >= 0.3 is 0 Å². The van der Waals surface area contributed by atoms with Crippen LogP contribution in [0.5, 0.6) is 0 Å². The first-order valence-electron chi connectivity index (χ1n) is 10.5. The van der Waals surface area contributed by atoms with Crippen LogP contribution >= 0.6 is 11.6 Å². The van der Waals surface area contributed by atoms with Crippen molar-refractivity contribution < 1.29 is 13.2 Å². The van der Waals surface area contributed by atoms with Crippen molar-refractivity contribution in [2.24, 2.45) is 0 Å². The summed E-state index contributed by atoms with van der Waals surface area (Å²) in [6, 6.07) is 15.4. The van der Waals surface area contributed by atoms with Gasteiger partial charge in [0.05, 0.1) is 6.04 Å². The monoisotopic (exact) mass is 460 g/mol. The number of hydrogen-bond donors (Lipinski definition) is 1. The Morgan fingerprint density at radius 2 is 1.84 bits per heavy atom. The number of carbonyl (C=O) groups is 1. The van der Waals surface area contributed by atoms with Crippen LogP contribution in [-0.2, 0) is 9.84 Å². The molecule has 3 rings (SSSR count). The Morgan fingerprint density at radius 1 is 1.13 bits per heavy atom. The summed E-state index contributed by atoms with van der Waals surface area (Å²) in [4.78, 5) is 14.9. The maximum Gasteiger partial charge on any atom is 0.251 e. The SMILES string of the molecule is C[C@H](/C=C/S(C)(=O)=O)NC(=O)c1ccc(N2CCCCCC2c2ccccc2Cl)cc1. The van der Waals surface area contributed by atoms with Crippen LogP contribution in [0.15, 0.2) is 60.0 Å². The molecule has 2 aromatic carbocycles. The van der Waals surface area contributed by atoms with Gasteiger partial charge < -0.3 is 10.2 Å². The van der Waals surface area contributed by atoms with E-state index in [-0.39, 0.29) is 11.9 Å². The van der Waals surface area contributed by atoms with Crippen LogP contribution in [0.1, 0.15) is 54.6 Å². The Balaban J connectivity index is 1.76. The number of benzene rings is 2. The highest BCUT2D eigenvalue weighted by Crippen LogP contribution is 2.37. The molecule has 1 aliphatic heterocycles. The molecule has 0 radical (unpaired) electrons. The summed E-state index contributed by atoms with van der Waals surface area (Å²) in [5.74, 6) is -0.240. The van der Waals surface area contributed by atoms with E-state index >= 15 is 0 Å². The number of rotatable bonds is 6. The summed E-state index contributed by atoms with van der Waals surface area (Å²) in [6.45, 7) is 2.67. The number of carbonyl (C=O) groups excluding carboxylic acids is 1. The maximum absolute atomic E-state index is 12.5. The van der Waals surface area contributed by atoms with Crippen LogP contribution in [-0.4, -0.2) is 33.2 Å². The van der Waals surface area contributed by atoms with Crippen LogP contribution in [0.4, 0.5) is 5.69 Å². The van der Waals surface area contributed by atoms with E-state index in [0.717, 1.165) is 53.7 Å². The van der Waals surface area contributed by atoms with Crippen molar-refractivity contribution in [2.75, 3.05) is 17.7 Å². The third kappa shape index (κ3) is 6.58. The molecule has 1 saturated heterocycles. The second-order valence-corrected chi connectivity index (χ2v) is 10.4. The zero-order valence-corrected chi connectivity index (χ0v) is 19.5. The summed E-state index contributed by atoms with van der Waals surface area (Å²) in [5.41, 5.74) is 2.74. The molecule has 1 unspecified atom stereocenters. The van der Waals surface area contributed by atoms with Crippen molar-refractivity contribution in [2.45, 2.75) is 44.7 Å². The molecule has 0 aromatic heterocycles. The number of amides is 1. The Morgan fingerprint density at radius 3 is 2.52 bits per heavy atom. The molecule has 1 aliphatic rings. The standard InChI is InChI=1S/C24H29ClN2O3S/c1-18(15-17-31(2,29)30)26-24(28)19-11-13-20(14-12-19)27-16-7-3-4-10-23(27)21-8-5-6-9-22(21)25/h5-6,8-9,11-15,17-18,23H,3-4,7,10,16H2,1-2H3,(H,26,28)/b17-15+/t18-,23?/m1/s1. The molecule has 0 bridgehead atoms. The van der Waals surface area contributed by atoms with Gasteiger partial charge in [-0.2, -0.15) is 0 Å². The molecule has 1 heterocycles. The van der Waals surface area contributed by atoms with Gasteiger partial charge in [-0.05, 0) is 55.7 Å². The Bertz CT molecular complexity index is 1040. The van der Waals surface area contributed by atoms with Gasteiger partial charge in [-0.25, -0.2) is 8.42 Å². The molecule has 31 heavy (non-hydrogen) atoms. The van der Waals surface area contributed by atoms with E-state index in [1.165, 1.54) is 12.5 Å². The van der Waals surface area contributed by atoms with Gasteiger partial charge in [0.1, 0.15) is 0 Å². The quantitative estimate of drug-likeness (QED) is 0.648. The van der Waals surface area contributed by atoms with Crippen LogP contribution in [0.2, 0.25) is 5.02 Å². The third-order valence-electron chi connectivity index (χ3n) is 5.45. The van der Waals surface area contributed by atoms with E-state index in [1.807, 2.05) is 42.5 Å². The molecule has 0 saturated carbocycles. The van der Waals surface area contributed by atoms with Gasteiger partial charge in [-0.15, -0.1) is 0 Å². The normalized spacial score (nSPS) is 18.5. The lowest BCUT2D eigenvalue weighted by Gasteiger charge is -2.33. The predicted molar refractivity (Wildman–Crippen MR) is 127 cm³/mol. The van der Waals surface area contributed by atoms with E-state index in [1.54, 1.807) is 6.92 Å². The van der Waals surface area contributed by atoms with Crippen LogP contribution in [0.3, 0.4) is 0 Å². The van der Waals surface area contributed by atoms with Gasteiger partial charge in [-0.1, -0.05) is 48.7 Å². The molecule has 2 aromatic rings. The van der Waals surface area contributed by atoms with Crippen molar-refractivity contribution >= 4 is 33.0 Å². The van der Waals surface area contributed by atoms with Crippen molar-refractivity contribution in [1.29, 1.82) is 0 Å². The highest BCUT2D eigenvalue weighted by Gasteiger charge is 2.24. The lowest BCUT2D eigenvalue weighted by Crippen LogP contribution is -2.31. The first-order chi connectivity index (χ1) is 14.7. The Kier molecular flexibility index (Phi) is 7.79. The minimum Gasteiger partial charge on any atom is -0.364 e. The average Bonchev–Trinajstić information content (AvgIpc) is 2.98. The van der Waals surface area contributed by atoms with Crippen LogP contribution in [0, 0.1) is 0 Å². The summed E-state index contributed by atoms with van der Waals surface area (Å²) >= 11 is 6.51. The van der Waals surface area contributed by atoms with E-state index in [0.29, 0.717) is 5.56 Å². The molecular formula is C24H29ClN2O3S. The zero-order valence-electron chi connectivity index (χ0n) is 17.9. The zero-order chi connectivity index (χ0) is 22.4. The number of nitrogens with zero attached hydrogens (tertiary/aromatic N) is 1. The van der Waals surface area contributed by atoms with Crippen LogP contribution < -0.4 is 10.2 Å². The Labute approximate surface area is 190 Å². The van der Waals surface area contributed by atoms with E-state index in [2.05, 4.69) is 16.3 Å². The Hall–Kier alpha value is -2.31. The van der Waals surface area contributed by atoms with Gasteiger partial charge in [0.2, 0.25) is 0 Å². The average molecular weight is 461 g/mol. The molecule has 1 N–H and O–H groups in total.